The maximum Gasteiger partial charge on any atom is 0.119 e. The Balaban J connectivity index is 2.19. The van der Waals surface area contributed by atoms with Crippen molar-refractivity contribution in [2.24, 2.45) is 0 Å². The molecular formula is C18H27NO. The van der Waals surface area contributed by atoms with Crippen LogP contribution in [0.5, 0.6) is 5.75 Å². The summed E-state index contributed by atoms with van der Waals surface area (Å²) in [5.41, 5.74) is 4.36. The quantitative estimate of drug-likeness (QED) is 0.773. The maximum absolute atomic E-state index is 5.37. The molecule has 1 atom stereocenters. The zero-order valence-corrected chi connectivity index (χ0v) is 13.3. The molecule has 2 nitrogen and oxygen atoms in total. The fourth-order valence-corrected chi connectivity index (χ4v) is 2.94. The summed E-state index contributed by atoms with van der Waals surface area (Å²) >= 11 is 0. The molecule has 0 aromatic heterocycles. The summed E-state index contributed by atoms with van der Waals surface area (Å²) in [7, 11) is 1.75. The Bertz CT molecular complexity index is 474. The van der Waals surface area contributed by atoms with Crippen LogP contribution < -0.4 is 4.74 Å². The van der Waals surface area contributed by atoms with Crippen molar-refractivity contribution in [2.45, 2.75) is 46.1 Å². The molecule has 0 amide bonds. The van der Waals surface area contributed by atoms with Gasteiger partial charge in [0.2, 0.25) is 0 Å². The number of ether oxygens (including phenoxy) is 1. The molecule has 1 heterocycles. The number of nitrogens with zero attached hydrogens (tertiary/aromatic N) is 1. The predicted molar refractivity (Wildman–Crippen MR) is 85.5 cm³/mol. The molecular weight excluding hydrogens is 246 g/mol. The van der Waals surface area contributed by atoms with E-state index in [1.807, 2.05) is 0 Å². The average molecular weight is 273 g/mol. The van der Waals surface area contributed by atoms with Crippen molar-refractivity contribution in [3.05, 3.63) is 41.0 Å². The molecule has 0 saturated carbocycles. The van der Waals surface area contributed by atoms with Crippen LogP contribution in [0, 0.1) is 0 Å². The van der Waals surface area contributed by atoms with Crippen molar-refractivity contribution in [3.63, 3.8) is 0 Å². The highest BCUT2D eigenvalue weighted by atomic mass is 16.5. The molecule has 0 aliphatic carbocycles. The van der Waals surface area contributed by atoms with E-state index in [0.717, 1.165) is 31.7 Å². The Morgan fingerprint density at radius 2 is 2.15 bits per heavy atom. The minimum Gasteiger partial charge on any atom is -0.497 e. The molecule has 0 saturated heterocycles. The van der Waals surface area contributed by atoms with Crippen LogP contribution in [0.15, 0.2) is 29.8 Å². The fraction of sp³-hybridized carbons (Fsp3) is 0.556. The molecule has 2 rings (SSSR count). The van der Waals surface area contributed by atoms with E-state index in [2.05, 4.69) is 49.9 Å². The van der Waals surface area contributed by atoms with Gasteiger partial charge in [-0.2, -0.15) is 0 Å². The number of allylic oxidation sites excluding steroid dienone is 1. The Kier molecular flexibility index (Phi) is 5.24. The van der Waals surface area contributed by atoms with Gasteiger partial charge in [-0.25, -0.2) is 0 Å². The van der Waals surface area contributed by atoms with Gasteiger partial charge in [-0.1, -0.05) is 24.6 Å². The molecule has 110 valence electrons. The maximum atomic E-state index is 5.37. The number of hydrogen-bond donors (Lipinski definition) is 0. The summed E-state index contributed by atoms with van der Waals surface area (Å²) in [6, 6.07) is 7.19. The first-order valence-electron chi connectivity index (χ1n) is 7.67. The van der Waals surface area contributed by atoms with Crippen molar-refractivity contribution in [3.8, 4) is 5.75 Å². The minimum absolute atomic E-state index is 0.638. The molecule has 0 spiro atoms. The molecule has 2 heteroatoms. The molecule has 20 heavy (non-hydrogen) atoms. The van der Waals surface area contributed by atoms with Gasteiger partial charge in [-0.05, 0) is 56.4 Å². The highest BCUT2D eigenvalue weighted by Crippen LogP contribution is 2.25. The first-order chi connectivity index (χ1) is 9.63. The second-order valence-corrected chi connectivity index (χ2v) is 5.93. The molecule has 1 aliphatic heterocycles. The highest BCUT2D eigenvalue weighted by molar-refractivity contribution is 5.37. The zero-order valence-electron chi connectivity index (χ0n) is 13.3. The third-order valence-corrected chi connectivity index (χ3v) is 4.26. The molecule has 1 aromatic carbocycles. The van der Waals surface area contributed by atoms with E-state index in [1.54, 1.807) is 7.11 Å². The minimum atomic E-state index is 0.638. The summed E-state index contributed by atoms with van der Waals surface area (Å²) in [5, 5.41) is 0. The summed E-state index contributed by atoms with van der Waals surface area (Å²) < 4.78 is 5.37. The van der Waals surface area contributed by atoms with Crippen molar-refractivity contribution in [1.82, 2.24) is 4.90 Å². The van der Waals surface area contributed by atoms with Gasteiger partial charge in [-0.15, -0.1) is 0 Å². The standard InChI is InChI=1S/C18H27NO/c1-5-17-12-16-13-18(20-4)7-6-15(16)9-11-19(17)10-8-14(2)3/h6-8,13,17H,5,9-12H2,1-4H3. The van der Waals surface area contributed by atoms with Crippen LogP contribution in [-0.2, 0) is 12.8 Å². The lowest BCUT2D eigenvalue weighted by atomic mass is 9.99. The number of hydrogen-bond acceptors (Lipinski definition) is 2. The van der Waals surface area contributed by atoms with Crippen molar-refractivity contribution >= 4 is 0 Å². The summed E-state index contributed by atoms with van der Waals surface area (Å²) in [4.78, 5) is 2.62. The first-order valence-corrected chi connectivity index (χ1v) is 7.67. The third-order valence-electron chi connectivity index (χ3n) is 4.26. The average Bonchev–Trinajstić information content (AvgIpc) is 2.63. The van der Waals surface area contributed by atoms with Crippen LogP contribution in [-0.4, -0.2) is 31.1 Å². The smallest absolute Gasteiger partial charge is 0.119 e. The van der Waals surface area contributed by atoms with Crippen molar-refractivity contribution in [1.29, 1.82) is 0 Å². The lowest BCUT2D eigenvalue weighted by Crippen LogP contribution is -2.36. The predicted octanol–water partition coefficient (Wildman–Crippen LogP) is 3.84. The van der Waals surface area contributed by atoms with Crippen LogP contribution in [0.25, 0.3) is 0 Å². The number of rotatable bonds is 4. The van der Waals surface area contributed by atoms with Gasteiger partial charge in [0.15, 0.2) is 0 Å². The van der Waals surface area contributed by atoms with Gasteiger partial charge in [0, 0.05) is 19.1 Å². The van der Waals surface area contributed by atoms with E-state index in [1.165, 1.54) is 23.1 Å². The van der Waals surface area contributed by atoms with Crippen LogP contribution in [0.1, 0.15) is 38.3 Å². The van der Waals surface area contributed by atoms with E-state index in [9.17, 15) is 0 Å². The van der Waals surface area contributed by atoms with Crippen LogP contribution >= 0.6 is 0 Å². The molecule has 1 aliphatic rings. The molecule has 0 N–H and O–H groups in total. The van der Waals surface area contributed by atoms with Crippen LogP contribution in [0.3, 0.4) is 0 Å². The lowest BCUT2D eigenvalue weighted by molar-refractivity contribution is 0.219. The van der Waals surface area contributed by atoms with Crippen LogP contribution in [0.2, 0.25) is 0 Å². The Morgan fingerprint density at radius 3 is 2.80 bits per heavy atom. The van der Waals surface area contributed by atoms with Gasteiger partial charge in [0.25, 0.3) is 0 Å². The molecule has 1 aromatic rings. The molecule has 0 fully saturated rings. The van der Waals surface area contributed by atoms with Gasteiger partial charge >= 0.3 is 0 Å². The Labute approximate surface area is 123 Å². The second-order valence-electron chi connectivity index (χ2n) is 5.93. The fourth-order valence-electron chi connectivity index (χ4n) is 2.94. The normalized spacial score (nSPS) is 19.1. The van der Waals surface area contributed by atoms with Gasteiger partial charge in [0.1, 0.15) is 5.75 Å². The zero-order chi connectivity index (χ0) is 14.5. The number of fused-ring (bicyclic) bond motifs is 1. The summed E-state index contributed by atoms with van der Waals surface area (Å²) in [6.45, 7) is 8.88. The largest absolute Gasteiger partial charge is 0.497 e. The van der Waals surface area contributed by atoms with E-state index in [0.29, 0.717) is 6.04 Å². The third kappa shape index (κ3) is 3.63. The summed E-state index contributed by atoms with van der Waals surface area (Å²) in [6.07, 6.45) is 5.83. The van der Waals surface area contributed by atoms with E-state index < -0.39 is 0 Å². The monoisotopic (exact) mass is 273 g/mol. The first kappa shape index (κ1) is 15.1. The topological polar surface area (TPSA) is 12.5 Å². The SMILES string of the molecule is CCC1Cc2cc(OC)ccc2CCN1CC=C(C)C. The van der Waals surface area contributed by atoms with Gasteiger partial charge in [0.05, 0.1) is 7.11 Å². The number of benzene rings is 1. The van der Waals surface area contributed by atoms with Crippen LogP contribution in [0.4, 0.5) is 0 Å². The van der Waals surface area contributed by atoms with Gasteiger partial charge < -0.3 is 4.74 Å². The van der Waals surface area contributed by atoms with Crippen molar-refractivity contribution in [2.75, 3.05) is 20.2 Å². The van der Waals surface area contributed by atoms with E-state index in [4.69, 9.17) is 4.74 Å². The molecule has 0 radical (unpaired) electrons. The Morgan fingerprint density at radius 1 is 1.35 bits per heavy atom. The molecule has 0 bridgehead atoms. The van der Waals surface area contributed by atoms with E-state index >= 15 is 0 Å². The van der Waals surface area contributed by atoms with Gasteiger partial charge in [-0.3, -0.25) is 4.90 Å². The number of methoxy groups -OCH3 is 1. The molecule has 1 unspecified atom stereocenters. The Hall–Kier alpha value is -1.28. The van der Waals surface area contributed by atoms with E-state index in [-0.39, 0.29) is 0 Å². The highest BCUT2D eigenvalue weighted by Gasteiger charge is 2.22. The second kappa shape index (κ2) is 6.94. The lowest BCUT2D eigenvalue weighted by Gasteiger charge is -2.28. The summed E-state index contributed by atoms with van der Waals surface area (Å²) in [5.74, 6) is 0.983. The van der Waals surface area contributed by atoms with Crippen molar-refractivity contribution < 1.29 is 4.74 Å².